The summed E-state index contributed by atoms with van der Waals surface area (Å²) in [5, 5.41) is 3.08. The van der Waals surface area contributed by atoms with Crippen molar-refractivity contribution in [2.75, 3.05) is 26.3 Å². The number of rotatable bonds is 8. The fraction of sp³-hybridized carbons (Fsp3) is 0.857. The molecule has 116 valence electrons. The molecule has 20 heavy (non-hydrogen) atoms. The lowest BCUT2D eigenvalue weighted by atomic mass is 9.79. The summed E-state index contributed by atoms with van der Waals surface area (Å²) in [6, 6.07) is 0. The van der Waals surface area contributed by atoms with Crippen LogP contribution in [0.25, 0.3) is 0 Å². The molecule has 1 amide bonds. The summed E-state index contributed by atoms with van der Waals surface area (Å²) in [6.45, 7) is 4.47. The van der Waals surface area contributed by atoms with Crippen LogP contribution in [0.15, 0.2) is 4.99 Å². The predicted octanol–water partition coefficient (Wildman–Crippen LogP) is 0.753. The molecule has 0 spiro atoms. The highest BCUT2D eigenvalue weighted by molar-refractivity contribution is 5.82. The number of ether oxygens (including phenoxy) is 1. The maximum absolute atomic E-state index is 11.7. The van der Waals surface area contributed by atoms with Crippen LogP contribution in [-0.4, -0.2) is 38.2 Å². The van der Waals surface area contributed by atoms with E-state index in [-0.39, 0.29) is 5.91 Å². The maximum atomic E-state index is 11.7. The van der Waals surface area contributed by atoms with E-state index < -0.39 is 5.41 Å². The third kappa shape index (κ3) is 5.36. The normalized spacial score (nSPS) is 18.8. The Morgan fingerprint density at radius 3 is 2.55 bits per heavy atom. The molecule has 1 heterocycles. The van der Waals surface area contributed by atoms with Crippen LogP contribution in [0.5, 0.6) is 0 Å². The maximum Gasteiger partial charge on any atom is 0.225 e. The molecule has 0 aliphatic carbocycles. The minimum atomic E-state index is -0.591. The number of carbonyl (C=O) groups is 1. The lowest BCUT2D eigenvalue weighted by Gasteiger charge is -2.32. The summed E-state index contributed by atoms with van der Waals surface area (Å²) >= 11 is 0. The summed E-state index contributed by atoms with van der Waals surface area (Å²) in [5.74, 6) is 0.0916. The first-order valence-corrected chi connectivity index (χ1v) is 7.52. The molecular formula is C14H28N4O2. The van der Waals surface area contributed by atoms with E-state index >= 15 is 0 Å². The molecule has 1 fully saturated rings. The highest BCUT2D eigenvalue weighted by Crippen LogP contribution is 2.30. The first kappa shape index (κ1) is 16.8. The van der Waals surface area contributed by atoms with Crippen molar-refractivity contribution in [3.05, 3.63) is 0 Å². The molecule has 0 saturated carbocycles. The van der Waals surface area contributed by atoms with Gasteiger partial charge in [0.25, 0.3) is 0 Å². The summed E-state index contributed by atoms with van der Waals surface area (Å²) < 4.78 is 5.28. The smallest absolute Gasteiger partial charge is 0.225 e. The molecule has 0 unspecified atom stereocenters. The van der Waals surface area contributed by atoms with Gasteiger partial charge in [-0.2, -0.15) is 0 Å². The lowest BCUT2D eigenvalue weighted by molar-refractivity contribution is -0.132. The molecule has 0 bridgehead atoms. The molecular weight excluding hydrogens is 256 g/mol. The van der Waals surface area contributed by atoms with E-state index in [4.69, 9.17) is 16.2 Å². The first-order valence-electron chi connectivity index (χ1n) is 7.52. The monoisotopic (exact) mass is 284 g/mol. The van der Waals surface area contributed by atoms with Gasteiger partial charge < -0.3 is 21.5 Å². The van der Waals surface area contributed by atoms with Crippen molar-refractivity contribution in [3.8, 4) is 0 Å². The van der Waals surface area contributed by atoms with Crippen LogP contribution < -0.4 is 16.8 Å². The van der Waals surface area contributed by atoms with Crippen LogP contribution in [0.3, 0.4) is 0 Å². The van der Waals surface area contributed by atoms with Gasteiger partial charge in [0.15, 0.2) is 5.96 Å². The Hall–Kier alpha value is -1.30. The van der Waals surface area contributed by atoms with E-state index in [0.29, 0.717) is 38.6 Å². The zero-order valence-electron chi connectivity index (χ0n) is 12.5. The average molecular weight is 284 g/mol. The molecule has 1 saturated heterocycles. The predicted molar refractivity (Wildman–Crippen MR) is 80.3 cm³/mol. The van der Waals surface area contributed by atoms with Crippen molar-refractivity contribution in [3.63, 3.8) is 0 Å². The Morgan fingerprint density at radius 1 is 1.25 bits per heavy atom. The third-order valence-electron chi connectivity index (χ3n) is 3.86. The van der Waals surface area contributed by atoms with Gasteiger partial charge in [-0.15, -0.1) is 0 Å². The minimum Gasteiger partial charge on any atom is -0.381 e. The molecule has 6 heteroatoms. The van der Waals surface area contributed by atoms with Gasteiger partial charge in [-0.05, 0) is 19.3 Å². The van der Waals surface area contributed by atoms with Gasteiger partial charge in [0.05, 0.1) is 12.0 Å². The van der Waals surface area contributed by atoms with Crippen molar-refractivity contribution >= 4 is 11.9 Å². The Bertz CT molecular complexity index is 325. The van der Waals surface area contributed by atoms with Crippen molar-refractivity contribution in [2.45, 2.75) is 45.4 Å². The number of nitrogens with one attached hydrogen (secondary N) is 1. The van der Waals surface area contributed by atoms with Gasteiger partial charge in [-0.3, -0.25) is 9.79 Å². The molecule has 0 atom stereocenters. The van der Waals surface area contributed by atoms with Gasteiger partial charge in [-0.1, -0.05) is 26.2 Å². The zero-order chi connectivity index (χ0) is 14.8. The highest BCUT2D eigenvalue weighted by Gasteiger charge is 2.38. The molecule has 0 aromatic heterocycles. The SMILES string of the molecule is CCCCCCNC(N)=NCC1(C(N)=O)CCOCC1. The van der Waals surface area contributed by atoms with Crippen LogP contribution in [0.4, 0.5) is 0 Å². The van der Waals surface area contributed by atoms with Crippen LogP contribution in [0, 0.1) is 5.41 Å². The Kier molecular flexibility index (Phi) is 7.36. The third-order valence-corrected chi connectivity index (χ3v) is 3.86. The Balaban J connectivity index is 2.37. The van der Waals surface area contributed by atoms with Gasteiger partial charge in [-0.25, -0.2) is 0 Å². The highest BCUT2D eigenvalue weighted by atomic mass is 16.5. The first-order chi connectivity index (χ1) is 9.60. The molecule has 1 rings (SSSR count). The van der Waals surface area contributed by atoms with Crippen molar-refractivity contribution in [1.29, 1.82) is 0 Å². The lowest BCUT2D eigenvalue weighted by Crippen LogP contribution is -2.45. The van der Waals surface area contributed by atoms with Gasteiger partial charge in [0, 0.05) is 19.8 Å². The molecule has 0 aromatic rings. The van der Waals surface area contributed by atoms with E-state index in [0.717, 1.165) is 13.0 Å². The topological polar surface area (TPSA) is 103 Å². The number of hydrogen-bond donors (Lipinski definition) is 3. The average Bonchev–Trinajstić information content (AvgIpc) is 2.46. The summed E-state index contributed by atoms with van der Waals surface area (Å²) in [6.07, 6.45) is 5.97. The molecule has 6 nitrogen and oxygen atoms in total. The quantitative estimate of drug-likeness (QED) is 0.348. The second-order valence-electron chi connectivity index (χ2n) is 5.45. The van der Waals surface area contributed by atoms with E-state index in [1.54, 1.807) is 0 Å². The van der Waals surface area contributed by atoms with Crippen molar-refractivity contribution in [2.24, 2.45) is 21.9 Å². The van der Waals surface area contributed by atoms with E-state index in [1.807, 2.05) is 0 Å². The van der Waals surface area contributed by atoms with E-state index in [9.17, 15) is 4.79 Å². The number of hydrogen-bond acceptors (Lipinski definition) is 3. The fourth-order valence-corrected chi connectivity index (χ4v) is 2.31. The van der Waals surface area contributed by atoms with Crippen molar-refractivity contribution in [1.82, 2.24) is 5.32 Å². The second kappa shape index (κ2) is 8.79. The number of amides is 1. The summed E-state index contributed by atoms with van der Waals surface area (Å²) in [7, 11) is 0. The number of primary amides is 1. The van der Waals surface area contributed by atoms with E-state index in [1.165, 1.54) is 19.3 Å². The molecule has 5 N–H and O–H groups in total. The largest absolute Gasteiger partial charge is 0.381 e. The minimum absolute atomic E-state index is 0.305. The van der Waals surface area contributed by atoms with Crippen LogP contribution >= 0.6 is 0 Å². The van der Waals surface area contributed by atoms with Crippen LogP contribution in [0.2, 0.25) is 0 Å². The Labute approximate surface area is 121 Å². The fourth-order valence-electron chi connectivity index (χ4n) is 2.31. The van der Waals surface area contributed by atoms with Gasteiger partial charge in [0.2, 0.25) is 5.91 Å². The summed E-state index contributed by atoms with van der Waals surface area (Å²) in [5.41, 5.74) is 10.7. The molecule has 1 aliphatic heterocycles. The number of carbonyl (C=O) groups excluding carboxylic acids is 1. The molecule has 0 radical (unpaired) electrons. The number of unbranched alkanes of at least 4 members (excludes halogenated alkanes) is 3. The van der Waals surface area contributed by atoms with Crippen LogP contribution in [0.1, 0.15) is 45.4 Å². The summed E-state index contributed by atoms with van der Waals surface area (Å²) in [4.78, 5) is 15.9. The van der Waals surface area contributed by atoms with Crippen LogP contribution in [-0.2, 0) is 9.53 Å². The zero-order valence-corrected chi connectivity index (χ0v) is 12.5. The standard InChI is InChI=1S/C14H28N4O2/c1-2-3-4-5-8-17-13(16)18-11-14(12(15)19)6-9-20-10-7-14/h2-11H2,1H3,(H2,15,19)(H3,16,17,18). The number of aliphatic imine (C=N–C) groups is 1. The number of nitrogens with two attached hydrogens (primary N) is 2. The van der Waals surface area contributed by atoms with E-state index in [2.05, 4.69) is 17.2 Å². The molecule has 1 aliphatic rings. The van der Waals surface area contributed by atoms with Gasteiger partial charge >= 0.3 is 0 Å². The number of nitrogens with zero attached hydrogens (tertiary/aromatic N) is 1. The number of guanidine groups is 1. The van der Waals surface area contributed by atoms with Gasteiger partial charge in [0.1, 0.15) is 0 Å². The molecule has 0 aromatic carbocycles. The Morgan fingerprint density at radius 2 is 1.95 bits per heavy atom. The second-order valence-corrected chi connectivity index (χ2v) is 5.45. The van der Waals surface area contributed by atoms with Crippen molar-refractivity contribution < 1.29 is 9.53 Å².